The normalized spacial score (nSPS) is 17.5. The molecule has 19 heavy (non-hydrogen) atoms. The van der Waals surface area contributed by atoms with Crippen LogP contribution in [0.1, 0.15) is 31.2 Å². The summed E-state index contributed by atoms with van der Waals surface area (Å²) in [6.45, 7) is 0.522. The summed E-state index contributed by atoms with van der Waals surface area (Å²) in [5, 5.41) is 10.4. The lowest BCUT2D eigenvalue weighted by Crippen LogP contribution is -2.32. The number of benzene rings is 1. The Balaban J connectivity index is 2.63. The van der Waals surface area contributed by atoms with E-state index >= 15 is 0 Å². The number of rotatable bonds is 4. The first kappa shape index (κ1) is 14.5. The first-order chi connectivity index (χ1) is 9.09. The average Bonchev–Trinajstić information content (AvgIpc) is 2.88. The molecular formula is C14H20BrNO3. The number of hydrogen-bond acceptors (Lipinski definition) is 4. The number of hydrogen-bond donors (Lipinski definition) is 2. The largest absolute Gasteiger partial charge is 0.507 e. The third-order valence-corrected chi connectivity index (χ3v) is 4.83. The highest BCUT2D eigenvalue weighted by Crippen LogP contribution is 2.52. The van der Waals surface area contributed by atoms with Crippen LogP contribution in [-0.4, -0.2) is 25.9 Å². The van der Waals surface area contributed by atoms with Crippen molar-refractivity contribution in [3.63, 3.8) is 0 Å². The highest BCUT2D eigenvalue weighted by atomic mass is 79.9. The van der Waals surface area contributed by atoms with Gasteiger partial charge in [-0.15, -0.1) is 0 Å². The van der Waals surface area contributed by atoms with E-state index in [0.717, 1.165) is 35.7 Å². The second kappa shape index (κ2) is 5.59. The molecule has 1 saturated carbocycles. The molecule has 0 spiro atoms. The molecule has 1 aromatic carbocycles. The number of ether oxygens (including phenoxy) is 2. The van der Waals surface area contributed by atoms with Gasteiger partial charge in [-0.1, -0.05) is 12.8 Å². The quantitative estimate of drug-likeness (QED) is 0.891. The van der Waals surface area contributed by atoms with Gasteiger partial charge in [0.05, 0.1) is 18.7 Å². The van der Waals surface area contributed by atoms with Crippen LogP contribution in [0.4, 0.5) is 0 Å². The van der Waals surface area contributed by atoms with Gasteiger partial charge in [-0.25, -0.2) is 0 Å². The Bertz CT molecular complexity index is 470. The molecule has 1 aliphatic rings. The molecule has 0 unspecified atom stereocenters. The van der Waals surface area contributed by atoms with Crippen LogP contribution in [0.3, 0.4) is 0 Å². The van der Waals surface area contributed by atoms with Crippen molar-refractivity contribution in [2.24, 2.45) is 5.73 Å². The van der Waals surface area contributed by atoms with Gasteiger partial charge in [0, 0.05) is 23.6 Å². The van der Waals surface area contributed by atoms with E-state index < -0.39 is 0 Å². The fourth-order valence-electron chi connectivity index (χ4n) is 3.05. The fourth-order valence-corrected chi connectivity index (χ4v) is 4.03. The van der Waals surface area contributed by atoms with E-state index in [2.05, 4.69) is 15.9 Å². The Labute approximate surface area is 122 Å². The van der Waals surface area contributed by atoms with Crippen LogP contribution in [-0.2, 0) is 5.41 Å². The zero-order valence-corrected chi connectivity index (χ0v) is 12.9. The highest BCUT2D eigenvalue weighted by molar-refractivity contribution is 9.10. The van der Waals surface area contributed by atoms with Crippen molar-refractivity contribution in [3.8, 4) is 17.2 Å². The summed E-state index contributed by atoms with van der Waals surface area (Å²) in [5.74, 6) is 1.34. The van der Waals surface area contributed by atoms with Crippen LogP contribution in [0.2, 0.25) is 0 Å². The molecule has 0 amide bonds. The molecule has 0 heterocycles. The van der Waals surface area contributed by atoms with Crippen molar-refractivity contribution >= 4 is 15.9 Å². The number of halogens is 1. The van der Waals surface area contributed by atoms with E-state index in [1.165, 1.54) is 0 Å². The summed E-state index contributed by atoms with van der Waals surface area (Å²) in [7, 11) is 3.14. The maximum Gasteiger partial charge on any atom is 0.175 e. The van der Waals surface area contributed by atoms with Crippen molar-refractivity contribution in [2.75, 3.05) is 20.8 Å². The van der Waals surface area contributed by atoms with Crippen molar-refractivity contribution in [1.82, 2.24) is 0 Å². The molecule has 0 saturated heterocycles. The first-order valence-corrected chi connectivity index (χ1v) is 7.23. The van der Waals surface area contributed by atoms with E-state index in [0.29, 0.717) is 18.0 Å². The minimum absolute atomic E-state index is 0.164. The lowest BCUT2D eigenvalue weighted by Gasteiger charge is -2.30. The maximum atomic E-state index is 10.4. The molecular weight excluding hydrogens is 310 g/mol. The SMILES string of the molecule is COc1cc(O)c(C2(CN)CCCC2)c(Br)c1OC. The van der Waals surface area contributed by atoms with Crippen LogP contribution in [0.5, 0.6) is 17.2 Å². The number of aromatic hydroxyl groups is 1. The van der Waals surface area contributed by atoms with Crippen molar-refractivity contribution in [1.29, 1.82) is 0 Å². The molecule has 1 aromatic rings. The first-order valence-electron chi connectivity index (χ1n) is 6.43. The zero-order chi connectivity index (χ0) is 14.0. The Hall–Kier alpha value is -0.940. The van der Waals surface area contributed by atoms with Gasteiger partial charge < -0.3 is 20.3 Å². The molecule has 106 valence electrons. The van der Waals surface area contributed by atoms with E-state index in [9.17, 15) is 5.11 Å². The van der Waals surface area contributed by atoms with Crippen molar-refractivity contribution in [3.05, 3.63) is 16.1 Å². The molecule has 0 bridgehead atoms. The summed E-state index contributed by atoms with van der Waals surface area (Å²) in [6.07, 6.45) is 4.26. The van der Waals surface area contributed by atoms with Gasteiger partial charge in [0.1, 0.15) is 5.75 Å². The second-order valence-corrected chi connectivity index (χ2v) is 5.80. The second-order valence-electron chi connectivity index (χ2n) is 5.01. The molecule has 0 atom stereocenters. The van der Waals surface area contributed by atoms with Crippen LogP contribution >= 0.6 is 15.9 Å². The summed E-state index contributed by atoms with van der Waals surface area (Å²) in [6, 6.07) is 1.61. The van der Waals surface area contributed by atoms with Gasteiger partial charge in [-0.3, -0.25) is 0 Å². The standard InChI is InChI=1S/C14H20BrNO3/c1-18-10-7-9(17)11(12(15)13(10)19-2)14(8-16)5-3-4-6-14/h7,17H,3-6,8,16H2,1-2H3. The van der Waals surface area contributed by atoms with Gasteiger partial charge in [0.15, 0.2) is 11.5 Å². The Kier molecular flexibility index (Phi) is 4.26. The molecule has 5 heteroatoms. The molecule has 1 aliphatic carbocycles. The van der Waals surface area contributed by atoms with Gasteiger partial charge in [0.2, 0.25) is 0 Å². The lowest BCUT2D eigenvalue weighted by atomic mass is 9.78. The Morgan fingerprint density at radius 2 is 1.95 bits per heavy atom. The van der Waals surface area contributed by atoms with Crippen molar-refractivity contribution < 1.29 is 14.6 Å². The Morgan fingerprint density at radius 1 is 1.32 bits per heavy atom. The Morgan fingerprint density at radius 3 is 2.42 bits per heavy atom. The van der Waals surface area contributed by atoms with Crippen LogP contribution in [0.15, 0.2) is 10.5 Å². The predicted octanol–water partition coefficient (Wildman–Crippen LogP) is 2.94. The molecule has 0 radical (unpaired) electrons. The van der Waals surface area contributed by atoms with E-state index in [1.807, 2.05) is 0 Å². The number of phenols is 1. The summed E-state index contributed by atoms with van der Waals surface area (Å²) < 4.78 is 11.4. The van der Waals surface area contributed by atoms with Crippen LogP contribution in [0, 0.1) is 0 Å². The van der Waals surface area contributed by atoms with E-state index in [1.54, 1.807) is 20.3 Å². The van der Waals surface area contributed by atoms with Crippen LogP contribution < -0.4 is 15.2 Å². The number of methoxy groups -OCH3 is 2. The predicted molar refractivity (Wildman–Crippen MR) is 78.1 cm³/mol. The van der Waals surface area contributed by atoms with Gasteiger partial charge in [-0.05, 0) is 28.8 Å². The fraction of sp³-hybridized carbons (Fsp3) is 0.571. The molecule has 0 aromatic heterocycles. The molecule has 3 N–H and O–H groups in total. The molecule has 4 nitrogen and oxygen atoms in total. The zero-order valence-electron chi connectivity index (χ0n) is 11.3. The van der Waals surface area contributed by atoms with Crippen molar-refractivity contribution in [2.45, 2.75) is 31.1 Å². The summed E-state index contributed by atoms with van der Waals surface area (Å²) in [5.41, 5.74) is 6.68. The van der Waals surface area contributed by atoms with Crippen LogP contribution in [0.25, 0.3) is 0 Å². The number of phenolic OH excluding ortho intramolecular Hbond substituents is 1. The van der Waals surface area contributed by atoms with E-state index in [-0.39, 0.29) is 11.2 Å². The average molecular weight is 330 g/mol. The van der Waals surface area contributed by atoms with Gasteiger partial charge in [-0.2, -0.15) is 0 Å². The third kappa shape index (κ3) is 2.30. The molecule has 2 rings (SSSR count). The number of nitrogens with two attached hydrogens (primary N) is 1. The van der Waals surface area contributed by atoms with Gasteiger partial charge >= 0.3 is 0 Å². The lowest BCUT2D eigenvalue weighted by molar-refractivity contribution is 0.341. The minimum atomic E-state index is -0.164. The minimum Gasteiger partial charge on any atom is -0.507 e. The molecule has 1 fully saturated rings. The maximum absolute atomic E-state index is 10.4. The smallest absolute Gasteiger partial charge is 0.175 e. The summed E-state index contributed by atoms with van der Waals surface area (Å²) in [4.78, 5) is 0. The molecule has 0 aliphatic heterocycles. The summed E-state index contributed by atoms with van der Waals surface area (Å²) >= 11 is 3.55. The highest BCUT2D eigenvalue weighted by Gasteiger charge is 2.39. The van der Waals surface area contributed by atoms with E-state index in [4.69, 9.17) is 15.2 Å². The van der Waals surface area contributed by atoms with Gasteiger partial charge in [0.25, 0.3) is 0 Å². The third-order valence-electron chi connectivity index (χ3n) is 4.07. The topological polar surface area (TPSA) is 64.7 Å². The monoisotopic (exact) mass is 329 g/mol.